The number of thioether (sulfide) groups is 1. The maximum atomic E-state index is 6.12. The van der Waals surface area contributed by atoms with Gasteiger partial charge in [0.1, 0.15) is 0 Å². The molecule has 3 heteroatoms. The fourth-order valence-electron chi connectivity index (χ4n) is 3.49. The summed E-state index contributed by atoms with van der Waals surface area (Å²) in [5.41, 5.74) is 7.34. The van der Waals surface area contributed by atoms with Crippen LogP contribution in [0.5, 0.6) is 0 Å². The minimum absolute atomic E-state index is 0.124. The normalized spacial score (nSPS) is 26.8. The minimum atomic E-state index is 0.124. The van der Waals surface area contributed by atoms with E-state index in [1.54, 1.807) is 0 Å². The maximum Gasteiger partial charge on any atom is 0.0693 e. The molecule has 2 N–H and O–H groups in total. The van der Waals surface area contributed by atoms with Gasteiger partial charge < -0.3 is 10.5 Å². The van der Waals surface area contributed by atoms with Crippen molar-refractivity contribution in [3.05, 3.63) is 29.8 Å². The Labute approximate surface area is 126 Å². The van der Waals surface area contributed by atoms with Crippen molar-refractivity contribution in [1.29, 1.82) is 0 Å². The van der Waals surface area contributed by atoms with Gasteiger partial charge in [0.25, 0.3) is 0 Å². The molecule has 1 spiro atoms. The fourth-order valence-corrected chi connectivity index (χ4v) is 4.77. The van der Waals surface area contributed by atoms with Crippen LogP contribution in [0.3, 0.4) is 0 Å². The largest absolute Gasteiger partial charge is 0.375 e. The van der Waals surface area contributed by atoms with E-state index in [0.29, 0.717) is 5.25 Å². The highest BCUT2D eigenvalue weighted by atomic mass is 32.2. The highest BCUT2D eigenvalue weighted by molar-refractivity contribution is 8.00. The second kappa shape index (κ2) is 6.08. The van der Waals surface area contributed by atoms with Crippen LogP contribution in [-0.2, 0) is 4.74 Å². The zero-order valence-electron chi connectivity index (χ0n) is 12.3. The Morgan fingerprint density at radius 2 is 1.95 bits per heavy atom. The summed E-state index contributed by atoms with van der Waals surface area (Å²) in [5, 5.41) is 0.711. The van der Waals surface area contributed by atoms with Crippen molar-refractivity contribution < 1.29 is 4.74 Å². The Hall–Kier alpha value is -0.510. The van der Waals surface area contributed by atoms with Gasteiger partial charge >= 0.3 is 0 Å². The Balaban J connectivity index is 1.62. The molecule has 20 heavy (non-hydrogen) atoms. The van der Waals surface area contributed by atoms with E-state index < -0.39 is 0 Å². The molecule has 1 saturated heterocycles. The van der Waals surface area contributed by atoms with E-state index in [2.05, 4.69) is 24.3 Å². The minimum Gasteiger partial charge on any atom is -0.375 e. The van der Waals surface area contributed by atoms with Crippen molar-refractivity contribution in [1.82, 2.24) is 0 Å². The number of hydrogen-bond donors (Lipinski definition) is 1. The van der Waals surface area contributed by atoms with E-state index in [4.69, 9.17) is 10.5 Å². The second-order valence-electron chi connectivity index (χ2n) is 6.33. The quantitative estimate of drug-likeness (QED) is 0.902. The number of rotatable bonds is 3. The van der Waals surface area contributed by atoms with Gasteiger partial charge in [-0.3, -0.25) is 0 Å². The van der Waals surface area contributed by atoms with Crippen LogP contribution < -0.4 is 5.73 Å². The maximum absolute atomic E-state index is 6.12. The molecule has 1 aromatic rings. The average molecular weight is 291 g/mol. The first-order valence-corrected chi connectivity index (χ1v) is 8.71. The Morgan fingerprint density at radius 3 is 2.60 bits per heavy atom. The second-order valence-corrected chi connectivity index (χ2v) is 7.70. The lowest BCUT2D eigenvalue weighted by atomic mass is 9.92. The van der Waals surface area contributed by atoms with Gasteiger partial charge in [-0.25, -0.2) is 0 Å². The third-order valence-corrected chi connectivity index (χ3v) is 5.95. The zero-order valence-corrected chi connectivity index (χ0v) is 13.1. The van der Waals surface area contributed by atoms with Gasteiger partial charge in [0, 0.05) is 22.8 Å². The molecule has 2 atom stereocenters. The van der Waals surface area contributed by atoms with E-state index in [0.717, 1.165) is 6.61 Å². The monoisotopic (exact) mass is 291 g/mol. The van der Waals surface area contributed by atoms with Crippen LogP contribution in [0, 0.1) is 0 Å². The van der Waals surface area contributed by atoms with E-state index in [1.807, 2.05) is 18.7 Å². The van der Waals surface area contributed by atoms with Gasteiger partial charge in [0.05, 0.1) is 5.60 Å². The van der Waals surface area contributed by atoms with E-state index >= 15 is 0 Å². The summed E-state index contributed by atoms with van der Waals surface area (Å²) >= 11 is 2.02. The molecule has 2 unspecified atom stereocenters. The lowest BCUT2D eigenvalue weighted by Gasteiger charge is -2.38. The third-order valence-electron chi connectivity index (χ3n) is 4.67. The molecule has 2 aliphatic rings. The molecule has 1 heterocycles. The van der Waals surface area contributed by atoms with E-state index in [-0.39, 0.29) is 11.6 Å². The third kappa shape index (κ3) is 3.21. The standard InChI is InChI=1S/C17H25NOS/c1-13(18)14-4-6-15(7-5-14)20-16-8-11-19-17(12-16)9-2-3-10-17/h4-7,13,16H,2-3,8-12,18H2,1H3. The lowest BCUT2D eigenvalue weighted by molar-refractivity contribution is -0.0703. The van der Waals surface area contributed by atoms with Crippen LogP contribution in [0.1, 0.15) is 57.1 Å². The molecule has 110 valence electrons. The highest BCUT2D eigenvalue weighted by Gasteiger charge is 2.40. The Kier molecular flexibility index (Phi) is 4.39. The van der Waals surface area contributed by atoms with E-state index in [1.165, 1.54) is 49.0 Å². The van der Waals surface area contributed by atoms with Crippen LogP contribution >= 0.6 is 11.8 Å². The van der Waals surface area contributed by atoms with Crippen LogP contribution in [-0.4, -0.2) is 17.5 Å². The van der Waals surface area contributed by atoms with Crippen molar-refractivity contribution in [3.63, 3.8) is 0 Å². The van der Waals surface area contributed by atoms with Crippen LogP contribution in [0.2, 0.25) is 0 Å². The van der Waals surface area contributed by atoms with Gasteiger partial charge in [-0.05, 0) is 50.3 Å². The molecule has 2 nitrogen and oxygen atoms in total. The summed E-state index contributed by atoms with van der Waals surface area (Å²) in [4.78, 5) is 1.37. The van der Waals surface area contributed by atoms with Gasteiger partial charge in [-0.2, -0.15) is 0 Å². The number of ether oxygens (including phenoxy) is 1. The molecule has 0 amide bonds. The molecule has 0 radical (unpaired) electrons. The molecule has 1 aliphatic heterocycles. The zero-order chi connectivity index (χ0) is 14.0. The topological polar surface area (TPSA) is 35.2 Å². The molecule has 1 aromatic carbocycles. The molecular formula is C17H25NOS. The summed E-state index contributed by atoms with van der Waals surface area (Å²) in [7, 11) is 0. The molecule has 0 aromatic heterocycles. The first-order chi connectivity index (χ1) is 9.67. The summed E-state index contributed by atoms with van der Waals surface area (Å²) < 4.78 is 6.12. The van der Waals surface area contributed by atoms with Gasteiger partial charge in [0.15, 0.2) is 0 Å². The van der Waals surface area contributed by atoms with Crippen molar-refractivity contribution in [2.24, 2.45) is 5.73 Å². The molecule has 1 saturated carbocycles. The van der Waals surface area contributed by atoms with Gasteiger partial charge in [-0.15, -0.1) is 11.8 Å². The predicted octanol–water partition coefficient (Wildman–Crippen LogP) is 4.29. The van der Waals surface area contributed by atoms with Gasteiger partial charge in [-0.1, -0.05) is 25.0 Å². The summed E-state index contributed by atoms with van der Waals surface area (Å²) in [6.07, 6.45) is 7.65. The average Bonchev–Trinajstić information content (AvgIpc) is 2.87. The van der Waals surface area contributed by atoms with Crippen molar-refractivity contribution >= 4 is 11.8 Å². The number of nitrogens with two attached hydrogens (primary N) is 1. The molecule has 3 rings (SSSR count). The van der Waals surface area contributed by atoms with Crippen molar-refractivity contribution in [2.45, 2.75) is 67.2 Å². The van der Waals surface area contributed by atoms with Crippen molar-refractivity contribution in [3.8, 4) is 0 Å². The van der Waals surface area contributed by atoms with Crippen LogP contribution in [0.25, 0.3) is 0 Å². The lowest BCUT2D eigenvalue weighted by Crippen LogP contribution is -2.38. The number of benzene rings is 1. The van der Waals surface area contributed by atoms with Crippen LogP contribution in [0.4, 0.5) is 0 Å². The predicted molar refractivity (Wildman–Crippen MR) is 85.1 cm³/mol. The number of hydrogen-bond acceptors (Lipinski definition) is 3. The van der Waals surface area contributed by atoms with Crippen molar-refractivity contribution in [2.75, 3.05) is 6.61 Å². The Bertz CT molecular complexity index is 437. The van der Waals surface area contributed by atoms with Gasteiger partial charge in [0.2, 0.25) is 0 Å². The van der Waals surface area contributed by atoms with E-state index in [9.17, 15) is 0 Å². The molecular weight excluding hydrogens is 266 g/mol. The van der Waals surface area contributed by atoms with Crippen LogP contribution in [0.15, 0.2) is 29.2 Å². The Morgan fingerprint density at radius 1 is 1.25 bits per heavy atom. The molecule has 1 aliphatic carbocycles. The highest BCUT2D eigenvalue weighted by Crippen LogP contribution is 2.44. The first-order valence-electron chi connectivity index (χ1n) is 7.83. The molecule has 2 fully saturated rings. The smallest absolute Gasteiger partial charge is 0.0693 e. The summed E-state index contributed by atoms with van der Waals surface area (Å²) in [6.45, 7) is 2.97. The molecule has 0 bridgehead atoms. The first kappa shape index (κ1) is 14.4. The SMILES string of the molecule is CC(N)c1ccc(SC2CCOC3(CCCC3)C2)cc1. The fraction of sp³-hybridized carbons (Fsp3) is 0.647. The summed E-state index contributed by atoms with van der Waals surface area (Å²) in [6, 6.07) is 8.90. The summed E-state index contributed by atoms with van der Waals surface area (Å²) in [5.74, 6) is 0.